The molecule has 2 heterocycles. The van der Waals surface area contributed by atoms with E-state index >= 15 is 0 Å². The topological polar surface area (TPSA) is 56.2 Å². The summed E-state index contributed by atoms with van der Waals surface area (Å²) < 4.78 is 30.7. The highest BCUT2D eigenvalue weighted by Crippen LogP contribution is 2.22. The number of carbonyl (C=O) groups is 1. The molecule has 7 heteroatoms. The van der Waals surface area contributed by atoms with E-state index in [1.54, 1.807) is 6.92 Å². The van der Waals surface area contributed by atoms with Crippen molar-refractivity contribution >= 4 is 11.6 Å². The largest absolute Gasteiger partial charge is 0.365 e. The summed E-state index contributed by atoms with van der Waals surface area (Å²) >= 11 is 0. The van der Waals surface area contributed by atoms with E-state index in [4.69, 9.17) is 4.74 Å². The summed E-state index contributed by atoms with van der Waals surface area (Å²) in [5.74, 6) is -0.309. The van der Waals surface area contributed by atoms with Gasteiger partial charge in [-0.3, -0.25) is 4.79 Å². The number of carbonyl (C=O) groups excluding carboxylic acids is 1. The molecule has 0 aliphatic carbocycles. The molecule has 2 atom stereocenters. The molecule has 1 aliphatic rings. The predicted molar refractivity (Wildman–Crippen MR) is 60.4 cm³/mol. The van der Waals surface area contributed by atoms with E-state index in [2.05, 4.69) is 10.4 Å². The molecule has 1 aliphatic heterocycles. The maximum atomic E-state index is 12.4. The molecule has 1 N–H and O–H groups in total. The molecular formula is C11H15F2N3O2. The van der Waals surface area contributed by atoms with E-state index < -0.39 is 12.7 Å². The first kappa shape index (κ1) is 12.9. The number of hydrogen-bond donors (Lipinski definition) is 1. The van der Waals surface area contributed by atoms with Gasteiger partial charge in [0.25, 0.3) is 5.91 Å². The number of aryl methyl sites for hydroxylation is 1. The summed E-state index contributed by atoms with van der Waals surface area (Å²) in [6.45, 7) is 0.747. The van der Waals surface area contributed by atoms with Crippen molar-refractivity contribution in [2.75, 3.05) is 5.32 Å². The van der Waals surface area contributed by atoms with Gasteiger partial charge in [0.05, 0.1) is 23.7 Å². The van der Waals surface area contributed by atoms with Crippen LogP contribution in [0.1, 0.15) is 32.0 Å². The van der Waals surface area contributed by atoms with Crippen molar-refractivity contribution in [3.8, 4) is 0 Å². The Kier molecular flexibility index (Phi) is 3.60. The molecule has 2 rings (SSSR count). The fraction of sp³-hybridized carbons (Fsp3) is 0.636. The molecule has 1 aromatic rings. The third kappa shape index (κ3) is 2.66. The zero-order chi connectivity index (χ0) is 13.3. The summed E-state index contributed by atoms with van der Waals surface area (Å²) in [7, 11) is 0. The molecule has 2 unspecified atom stereocenters. The van der Waals surface area contributed by atoms with E-state index in [9.17, 15) is 13.6 Å². The van der Waals surface area contributed by atoms with Crippen molar-refractivity contribution in [2.45, 2.75) is 45.4 Å². The molecule has 1 aromatic heterocycles. The Balaban J connectivity index is 2.03. The average Bonchev–Trinajstić information content (AvgIpc) is 2.86. The fourth-order valence-corrected chi connectivity index (χ4v) is 1.91. The third-order valence-corrected chi connectivity index (χ3v) is 2.90. The van der Waals surface area contributed by atoms with Gasteiger partial charge in [-0.1, -0.05) is 0 Å². The lowest BCUT2D eigenvalue weighted by Crippen LogP contribution is -2.27. The molecule has 0 radical (unpaired) electrons. The zero-order valence-corrected chi connectivity index (χ0v) is 10.2. The fourth-order valence-electron chi connectivity index (χ4n) is 1.91. The highest BCUT2D eigenvalue weighted by molar-refractivity contribution is 5.94. The minimum atomic E-state index is -2.71. The molecule has 1 saturated heterocycles. The monoisotopic (exact) mass is 259 g/mol. The SMILES string of the molecule is Cc1nn(C(F)F)cc1NC(=O)C1CCC(C)O1. The van der Waals surface area contributed by atoms with Gasteiger partial charge in [0.1, 0.15) is 6.10 Å². The average molecular weight is 259 g/mol. The number of halogens is 2. The van der Waals surface area contributed by atoms with Crippen molar-refractivity contribution in [1.82, 2.24) is 9.78 Å². The lowest BCUT2D eigenvalue weighted by molar-refractivity contribution is -0.126. The Morgan fingerprint density at radius 2 is 2.33 bits per heavy atom. The van der Waals surface area contributed by atoms with Crippen LogP contribution in [0.3, 0.4) is 0 Å². The molecule has 1 fully saturated rings. The van der Waals surface area contributed by atoms with Crippen molar-refractivity contribution < 1.29 is 18.3 Å². The molecule has 5 nitrogen and oxygen atoms in total. The summed E-state index contributed by atoms with van der Waals surface area (Å²) in [5.41, 5.74) is 0.651. The van der Waals surface area contributed by atoms with E-state index in [0.29, 0.717) is 22.5 Å². The van der Waals surface area contributed by atoms with Crippen molar-refractivity contribution in [3.05, 3.63) is 11.9 Å². The van der Waals surface area contributed by atoms with E-state index in [1.165, 1.54) is 0 Å². The van der Waals surface area contributed by atoms with Crippen LogP contribution < -0.4 is 5.32 Å². The molecular weight excluding hydrogens is 244 g/mol. The number of rotatable bonds is 3. The number of hydrogen-bond acceptors (Lipinski definition) is 3. The predicted octanol–water partition coefficient (Wildman–Crippen LogP) is 2.09. The maximum absolute atomic E-state index is 12.4. The number of nitrogens with zero attached hydrogens (tertiary/aromatic N) is 2. The van der Waals surface area contributed by atoms with Gasteiger partial charge in [-0.05, 0) is 26.7 Å². The van der Waals surface area contributed by atoms with Gasteiger partial charge in [0.2, 0.25) is 0 Å². The summed E-state index contributed by atoms with van der Waals surface area (Å²) in [6.07, 6.45) is 2.15. The number of alkyl halides is 2. The Morgan fingerprint density at radius 1 is 1.61 bits per heavy atom. The van der Waals surface area contributed by atoms with E-state index in [0.717, 1.165) is 12.6 Å². The summed E-state index contributed by atoms with van der Waals surface area (Å²) in [6, 6.07) is 0. The van der Waals surface area contributed by atoms with Crippen molar-refractivity contribution in [3.63, 3.8) is 0 Å². The minimum absolute atomic E-state index is 0.0608. The van der Waals surface area contributed by atoms with Crippen molar-refractivity contribution in [1.29, 1.82) is 0 Å². The number of amides is 1. The number of ether oxygens (including phenoxy) is 1. The maximum Gasteiger partial charge on any atom is 0.333 e. The highest BCUT2D eigenvalue weighted by atomic mass is 19.3. The Morgan fingerprint density at radius 3 is 2.83 bits per heavy atom. The Labute approximate surface area is 103 Å². The Bertz CT molecular complexity index is 447. The molecule has 0 aromatic carbocycles. The van der Waals surface area contributed by atoms with Crippen LogP contribution in [-0.2, 0) is 9.53 Å². The van der Waals surface area contributed by atoms with Crippen LogP contribution in [0.4, 0.5) is 14.5 Å². The number of aromatic nitrogens is 2. The van der Waals surface area contributed by atoms with Crippen LogP contribution >= 0.6 is 0 Å². The molecule has 0 saturated carbocycles. The highest BCUT2D eigenvalue weighted by Gasteiger charge is 2.28. The third-order valence-electron chi connectivity index (χ3n) is 2.90. The van der Waals surface area contributed by atoms with Gasteiger partial charge >= 0.3 is 6.55 Å². The van der Waals surface area contributed by atoms with Gasteiger partial charge in [0, 0.05) is 0 Å². The van der Waals surface area contributed by atoms with Gasteiger partial charge < -0.3 is 10.1 Å². The zero-order valence-electron chi connectivity index (χ0n) is 10.2. The van der Waals surface area contributed by atoms with Gasteiger partial charge in [0.15, 0.2) is 0 Å². The molecule has 0 bridgehead atoms. The molecule has 0 spiro atoms. The lowest BCUT2D eigenvalue weighted by atomic mass is 10.2. The Hall–Kier alpha value is -1.50. The van der Waals surface area contributed by atoms with Crippen LogP contribution in [-0.4, -0.2) is 27.9 Å². The van der Waals surface area contributed by atoms with Crippen LogP contribution in [0.15, 0.2) is 6.20 Å². The summed E-state index contributed by atoms with van der Waals surface area (Å²) in [4.78, 5) is 11.8. The summed E-state index contributed by atoms with van der Waals surface area (Å²) in [5, 5.41) is 6.18. The number of nitrogens with one attached hydrogen (secondary N) is 1. The van der Waals surface area contributed by atoms with Crippen LogP contribution in [0.25, 0.3) is 0 Å². The van der Waals surface area contributed by atoms with Crippen LogP contribution in [0.5, 0.6) is 0 Å². The van der Waals surface area contributed by atoms with Crippen LogP contribution in [0, 0.1) is 6.92 Å². The van der Waals surface area contributed by atoms with E-state index in [-0.39, 0.29) is 12.0 Å². The first-order chi connectivity index (χ1) is 8.47. The second kappa shape index (κ2) is 5.01. The number of anilines is 1. The smallest absolute Gasteiger partial charge is 0.333 e. The normalized spacial score (nSPS) is 23.6. The first-order valence-corrected chi connectivity index (χ1v) is 5.77. The molecule has 1 amide bonds. The van der Waals surface area contributed by atoms with Gasteiger partial charge in [-0.25, -0.2) is 4.68 Å². The standard InChI is InChI=1S/C11H15F2N3O2/c1-6-3-4-9(18-6)10(17)14-8-5-16(11(12)13)15-7(8)2/h5-6,9,11H,3-4H2,1-2H3,(H,14,17). The second-order valence-corrected chi connectivity index (χ2v) is 4.39. The molecule has 100 valence electrons. The minimum Gasteiger partial charge on any atom is -0.365 e. The van der Waals surface area contributed by atoms with Crippen molar-refractivity contribution in [2.24, 2.45) is 0 Å². The second-order valence-electron chi connectivity index (χ2n) is 4.39. The van der Waals surface area contributed by atoms with Crippen LogP contribution in [0.2, 0.25) is 0 Å². The molecule has 18 heavy (non-hydrogen) atoms. The van der Waals surface area contributed by atoms with Gasteiger partial charge in [-0.15, -0.1) is 0 Å². The first-order valence-electron chi connectivity index (χ1n) is 5.77. The van der Waals surface area contributed by atoms with E-state index in [1.807, 2.05) is 6.92 Å². The van der Waals surface area contributed by atoms with Gasteiger partial charge in [-0.2, -0.15) is 13.9 Å². The quantitative estimate of drug-likeness (QED) is 0.904. The lowest BCUT2D eigenvalue weighted by Gasteiger charge is -2.10.